The first kappa shape index (κ1) is 23.0. The van der Waals surface area contributed by atoms with Crippen LogP contribution >= 0.6 is 0 Å². The van der Waals surface area contributed by atoms with Gasteiger partial charge in [-0.1, -0.05) is 79.9 Å². The van der Waals surface area contributed by atoms with Crippen molar-refractivity contribution in [3.63, 3.8) is 0 Å². The Balaban J connectivity index is 1.69. The Hall–Kier alpha value is -3.16. The number of carbonyl (C=O) groups is 2. The highest BCUT2D eigenvalue weighted by atomic mass is 19.4. The molecule has 2 amide bonds. The van der Waals surface area contributed by atoms with Gasteiger partial charge in [0.15, 0.2) is 0 Å². The predicted molar refractivity (Wildman–Crippen MR) is 118 cm³/mol. The van der Waals surface area contributed by atoms with Crippen LogP contribution in [0.25, 0.3) is 0 Å². The third-order valence-electron chi connectivity index (χ3n) is 6.27. The molecular weight excluding hydrogens is 431 g/mol. The topological polar surface area (TPSA) is 61.8 Å². The van der Waals surface area contributed by atoms with E-state index >= 15 is 0 Å². The fraction of sp³-hybridized carbons (Fsp3) is 0.400. The van der Waals surface area contributed by atoms with Gasteiger partial charge in [0.1, 0.15) is 5.84 Å². The largest absolute Gasteiger partial charge is 0.442 e. The highest BCUT2D eigenvalue weighted by molar-refractivity contribution is 6.16. The van der Waals surface area contributed by atoms with Gasteiger partial charge in [-0.3, -0.25) is 14.5 Å². The number of nitrogens with zero attached hydrogens (tertiary/aromatic N) is 2. The predicted octanol–water partition coefficient (Wildman–Crippen LogP) is 4.47. The molecule has 1 aliphatic heterocycles. The average Bonchev–Trinajstić information content (AvgIpc) is 3.12. The molecule has 1 saturated carbocycles. The number of amides is 2. The zero-order valence-electron chi connectivity index (χ0n) is 18.1. The van der Waals surface area contributed by atoms with Gasteiger partial charge in [0.05, 0.1) is 0 Å². The molecule has 0 radical (unpaired) electrons. The first-order valence-electron chi connectivity index (χ1n) is 11.2. The van der Waals surface area contributed by atoms with Gasteiger partial charge in [-0.2, -0.15) is 13.2 Å². The first-order chi connectivity index (χ1) is 15.8. The number of nitrogens with one attached hydrogen (secondary N) is 1. The zero-order valence-corrected chi connectivity index (χ0v) is 18.1. The molecule has 1 N–H and O–H groups in total. The number of carbonyl (C=O) groups excluding carboxylic acids is 2. The Morgan fingerprint density at radius 1 is 1.00 bits per heavy atom. The van der Waals surface area contributed by atoms with Gasteiger partial charge in [-0.25, -0.2) is 4.99 Å². The van der Waals surface area contributed by atoms with E-state index in [1.54, 1.807) is 30.3 Å². The zero-order chi connectivity index (χ0) is 23.5. The van der Waals surface area contributed by atoms with E-state index in [1.165, 1.54) is 0 Å². The Labute approximate surface area is 190 Å². The van der Waals surface area contributed by atoms with Gasteiger partial charge < -0.3 is 5.32 Å². The lowest BCUT2D eigenvalue weighted by Gasteiger charge is -2.31. The molecule has 0 unspecified atom stereocenters. The second-order valence-corrected chi connectivity index (χ2v) is 8.53. The normalized spacial score (nSPS) is 21.7. The third kappa shape index (κ3) is 4.65. The highest BCUT2D eigenvalue weighted by Crippen LogP contribution is 2.39. The second-order valence-electron chi connectivity index (χ2n) is 8.53. The molecule has 1 aliphatic carbocycles. The van der Waals surface area contributed by atoms with E-state index in [2.05, 4.69) is 4.99 Å². The molecule has 33 heavy (non-hydrogen) atoms. The SMILES string of the molecule is O=C(N[C@]1(C(F)(F)F)N=C(c2ccccc2)N(CCc2ccccc2)C1=O)C1CCCCC1. The maximum Gasteiger partial charge on any atom is 0.442 e. The van der Waals surface area contributed by atoms with Crippen LogP contribution in [0, 0.1) is 5.92 Å². The van der Waals surface area contributed by atoms with E-state index in [0.717, 1.165) is 29.7 Å². The summed E-state index contributed by atoms with van der Waals surface area (Å²) in [6.07, 6.45) is -1.18. The Kier molecular flexibility index (Phi) is 6.54. The second kappa shape index (κ2) is 9.37. The number of aliphatic imine (C=N–C) groups is 1. The van der Waals surface area contributed by atoms with Crippen LogP contribution in [0.3, 0.4) is 0 Å². The molecule has 0 saturated heterocycles. The molecule has 174 valence electrons. The Morgan fingerprint density at radius 2 is 1.61 bits per heavy atom. The first-order valence-corrected chi connectivity index (χ1v) is 11.2. The maximum atomic E-state index is 14.5. The van der Waals surface area contributed by atoms with Gasteiger partial charge in [0.2, 0.25) is 5.91 Å². The summed E-state index contributed by atoms with van der Waals surface area (Å²) < 4.78 is 43.4. The van der Waals surface area contributed by atoms with Crippen molar-refractivity contribution in [3.8, 4) is 0 Å². The van der Waals surface area contributed by atoms with Gasteiger partial charge in [0, 0.05) is 18.0 Å². The van der Waals surface area contributed by atoms with Crippen LogP contribution < -0.4 is 5.32 Å². The van der Waals surface area contributed by atoms with Crippen molar-refractivity contribution in [3.05, 3.63) is 71.8 Å². The molecule has 2 aromatic rings. The minimum Gasteiger partial charge on any atom is -0.316 e. The summed E-state index contributed by atoms with van der Waals surface area (Å²) in [6, 6.07) is 17.5. The van der Waals surface area contributed by atoms with E-state index < -0.39 is 29.6 Å². The van der Waals surface area contributed by atoms with Crippen molar-refractivity contribution in [2.45, 2.75) is 50.4 Å². The molecule has 0 spiro atoms. The quantitative estimate of drug-likeness (QED) is 0.696. The maximum absolute atomic E-state index is 14.5. The van der Waals surface area contributed by atoms with Crippen LogP contribution in [-0.2, 0) is 16.0 Å². The summed E-state index contributed by atoms with van der Waals surface area (Å²) in [7, 11) is 0. The standard InChI is InChI=1S/C25H26F3N3O2/c26-25(27,28)24(30-22(32)20-14-8-3-9-15-20)23(33)31(17-16-18-10-4-1-5-11-18)21(29-24)19-12-6-2-7-13-19/h1-2,4-7,10-13,20H,3,8-9,14-17H2,(H,30,32)/t24-/m1/s1. The van der Waals surface area contributed by atoms with Crippen molar-refractivity contribution in [1.29, 1.82) is 0 Å². The number of halogens is 3. The van der Waals surface area contributed by atoms with Crippen molar-refractivity contribution in [2.24, 2.45) is 10.9 Å². The molecule has 1 heterocycles. The van der Waals surface area contributed by atoms with Crippen molar-refractivity contribution < 1.29 is 22.8 Å². The lowest BCUT2D eigenvalue weighted by molar-refractivity contribution is -0.200. The van der Waals surface area contributed by atoms with Crippen LogP contribution in [0.15, 0.2) is 65.7 Å². The van der Waals surface area contributed by atoms with E-state index in [0.29, 0.717) is 24.8 Å². The molecule has 1 atom stereocenters. The molecule has 0 bridgehead atoms. The number of amidine groups is 1. The smallest absolute Gasteiger partial charge is 0.316 e. The number of rotatable bonds is 6. The third-order valence-corrected chi connectivity index (χ3v) is 6.27. The van der Waals surface area contributed by atoms with Crippen molar-refractivity contribution >= 4 is 17.6 Å². The Bertz CT molecular complexity index is 1020. The number of benzene rings is 2. The molecule has 2 aliphatic rings. The fourth-order valence-electron chi connectivity index (χ4n) is 4.44. The van der Waals surface area contributed by atoms with Crippen LogP contribution in [-0.4, -0.2) is 40.9 Å². The van der Waals surface area contributed by atoms with Crippen LogP contribution in [0.5, 0.6) is 0 Å². The van der Waals surface area contributed by atoms with E-state index in [-0.39, 0.29) is 12.4 Å². The summed E-state index contributed by atoms with van der Waals surface area (Å²) in [5.74, 6) is -2.66. The lowest BCUT2D eigenvalue weighted by atomic mass is 9.88. The molecule has 2 aromatic carbocycles. The molecule has 5 nitrogen and oxygen atoms in total. The fourth-order valence-corrected chi connectivity index (χ4v) is 4.44. The minimum absolute atomic E-state index is 0.00764. The molecule has 4 rings (SSSR count). The van der Waals surface area contributed by atoms with E-state index in [9.17, 15) is 22.8 Å². The summed E-state index contributed by atoms with van der Waals surface area (Å²) in [5, 5.41) is 2.04. The molecule has 8 heteroatoms. The van der Waals surface area contributed by atoms with Crippen LogP contribution in [0.4, 0.5) is 13.2 Å². The average molecular weight is 457 g/mol. The molecule has 1 fully saturated rings. The van der Waals surface area contributed by atoms with Crippen molar-refractivity contribution in [1.82, 2.24) is 10.2 Å². The van der Waals surface area contributed by atoms with Gasteiger partial charge >= 0.3 is 11.8 Å². The van der Waals surface area contributed by atoms with Crippen LogP contribution in [0.1, 0.15) is 43.2 Å². The van der Waals surface area contributed by atoms with Crippen LogP contribution in [0.2, 0.25) is 0 Å². The molecular formula is C25H26F3N3O2. The van der Waals surface area contributed by atoms with Crippen molar-refractivity contribution in [2.75, 3.05) is 6.54 Å². The minimum atomic E-state index is -5.09. The van der Waals surface area contributed by atoms with Gasteiger partial charge in [0.25, 0.3) is 5.91 Å². The lowest BCUT2D eigenvalue weighted by Crippen LogP contribution is -2.64. The monoisotopic (exact) mass is 457 g/mol. The van der Waals surface area contributed by atoms with E-state index in [4.69, 9.17) is 0 Å². The Morgan fingerprint density at radius 3 is 2.21 bits per heavy atom. The summed E-state index contributed by atoms with van der Waals surface area (Å²) in [4.78, 5) is 31.2. The number of hydrogen-bond acceptors (Lipinski definition) is 3. The number of alkyl halides is 3. The summed E-state index contributed by atoms with van der Waals surface area (Å²) in [6.45, 7) is 0.00764. The highest BCUT2D eigenvalue weighted by Gasteiger charge is 2.67. The number of hydrogen-bond donors (Lipinski definition) is 1. The molecule has 0 aromatic heterocycles. The van der Waals surface area contributed by atoms with Gasteiger partial charge in [-0.05, 0) is 24.8 Å². The van der Waals surface area contributed by atoms with Gasteiger partial charge in [-0.15, -0.1) is 0 Å². The summed E-state index contributed by atoms with van der Waals surface area (Å²) in [5.41, 5.74) is -2.05. The summed E-state index contributed by atoms with van der Waals surface area (Å²) >= 11 is 0. The van der Waals surface area contributed by atoms with E-state index in [1.807, 2.05) is 35.6 Å².